The first kappa shape index (κ1) is 21.5. The van der Waals surface area contributed by atoms with Crippen LogP contribution in [0, 0.1) is 0 Å². The molecule has 1 N–H and O–H groups in total. The van der Waals surface area contributed by atoms with Gasteiger partial charge in [0, 0.05) is 18.8 Å². The van der Waals surface area contributed by atoms with Crippen molar-refractivity contribution < 1.29 is 14.3 Å². The fourth-order valence-corrected chi connectivity index (χ4v) is 5.30. The Kier molecular flexibility index (Phi) is 6.98. The summed E-state index contributed by atoms with van der Waals surface area (Å²) in [6, 6.07) is 6.58. The second kappa shape index (κ2) is 10.1. The average molecular weight is 458 g/mol. The highest BCUT2D eigenvalue weighted by molar-refractivity contribution is 8.00. The summed E-state index contributed by atoms with van der Waals surface area (Å²) in [4.78, 5) is 39.6. The Morgan fingerprint density at radius 2 is 1.87 bits per heavy atom. The van der Waals surface area contributed by atoms with E-state index in [1.807, 2.05) is 0 Å². The van der Waals surface area contributed by atoms with Crippen LogP contribution in [-0.4, -0.2) is 52.8 Å². The summed E-state index contributed by atoms with van der Waals surface area (Å²) < 4.78 is 5.60. The lowest BCUT2D eigenvalue weighted by Crippen LogP contribution is -2.23. The lowest BCUT2D eigenvalue weighted by Gasteiger charge is -2.18. The third-order valence-corrected chi connectivity index (χ3v) is 7.18. The molecule has 4 rings (SSSR count). The molecule has 1 aliphatic rings. The molecule has 0 bridgehead atoms. The van der Waals surface area contributed by atoms with E-state index < -0.39 is 5.97 Å². The summed E-state index contributed by atoms with van der Waals surface area (Å²) in [5.41, 5.74) is 1.73. The van der Waals surface area contributed by atoms with E-state index in [4.69, 9.17) is 4.98 Å². The first-order valence-electron chi connectivity index (χ1n) is 10.1. The summed E-state index contributed by atoms with van der Waals surface area (Å²) in [5.74, 6) is -0.355. The number of nitrogens with one attached hydrogen (secondary N) is 1. The van der Waals surface area contributed by atoms with Gasteiger partial charge >= 0.3 is 5.97 Å². The molecule has 1 fully saturated rings. The van der Waals surface area contributed by atoms with Crippen LogP contribution in [0.1, 0.15) is 36.0 Å². The van der Waals surface area contributed by atoms with Gasteiger partial charge in [-0.2, -0.15) is 4.98 Å². The highest BCUT2D eigenvalue weighted by atomic mass is 32.2. The van der Waals surface area contributed by atoms with Crippen LogP contribution < -0.4 is 10.2 Å². The maximum atomic E-state index is 12.4. The monoisotopic (exact) mass is 457 g/mol. The Labute approximate surface area is 188 Å². The average Bonchev–Trinajstić information content (AvgIpc) is 3.04. The van der Waals surface area contributed by atoms with Crippen molar-refractivity contribution in [3.05, 3.63) is 36.2 Å². The van der Waals surface area contributed by atoms with E-state index >= 15 is 0 Å². The third kappa shape index (κ3) is 5.31. The van der Waals surface area contributed by atoms with Gasteiger partial charge in [0.05, 0.1) is 18.4 Å². The maximum Gasteiger partial charge on any atom is 0.337 e. The van der Waals surface area contributed by atoms with E-state index in [2.05, 4.69) is 24.9 Å². The molecule has 10 heteroatoms. The molecule has 2 aromatic heterocycles. The van der Waals surface area contributed by atoms with Gasteiger partial charge in [-0.1, -0.05) is 35.9 Å². The van der Waals surface area contributed by atoms with Gasteiger partial charge in [-0.05, 0) is 37.1 Å². The standard InChI is InChI=1S/C21H23N5O3S2/c1-29-20(28)14-6-8-15(9-7-14)24-16(27)12-30-19-17-18(22-13-23-19)25-21(31-17)26-10-4-2-3-5-11-26/h6-9,13H,2-5,10-12H2,1H3,(H,24,27). The molecular weight excluding hydrogens is 434 g/mol. The van der Waals surface area contributed by atoms with Crippen LogP contribution in [0.3, 0.4) is 0 Å². The second-order valence-electron chi connectivity index (χ2n) is 7.14. The maximum absolute atomic E-state index is 12.4. The van der Waals surface area contributed by atoms with Crippen molar-refractivity contribution in [2.45, 2.75) is 30.7 Å². The molecule has 0 atom stereocenters. The van der Waals surface area contributed by atoms with Crippen molar-refractivity contribution in [2.24, 2.45) is 0 Å². The van der Waals surface area contributed by atoms with Gasteiger partial charge in [0.25, 0.3) is 0 Å². The molecule has 8 nitrogen and oxygen atoms in total. The van der Waals surface area contributed by atoms with Crippen molar-refractivity contribution >= 4 is 56.1 Å². The molecule has 0 unspecified atom stereocenters. The van der Waals surface area contributed by atoms with Gasteiger partial charge < -0.3 is 15.0 Å². The number of carbonyl (C=O) groups is 2. The lowest BCUT2D eigenvalue weighted by atomic mass is 10.2. The highest BCUT2D eigenvalue weighted by Gasteiger charge is 2.18. The predicted octanol–water partition coefficient (Wildman–Crippen LogP) is 3.98. The SMILES string of the molecule is COC(=O)c1ccc(NC(=O)CSc2ncnc3nc(N4CCCCCC4)sc23)cc1. The number of thioether (sulfide) groups is 1. The number of ether oxygens (including phenoxy) is 1. The Balaban J connectivity index is 1.40. The Hall–Kier alpha value is -2.72. The summed E-state index contributed by atoms with van der Waals surface area (Å²) in [6.07, 6.45) is 6.40. The molecule has 31 heavy (non-hydrogen) atoms. The Morgan fingerprint density at radius 1 is 1.13 bits per heavy atom. The fraction of sp³-hybridized carbons (Fsp3) is 0.381. The van der Waals surface area contributed by atoms with Crippen molar-refractivity contribution in [2.75, 3.05) is 36.2 Å². The van der Waals surface area contributed by atoms with Crippen LogP contribution in [0.4, 0.5) is 10.8 Å². The van der Waals surface area contributed by atoms with Gasteiger partial charge in [0.2, 0.25) is 5.91 Å². The summed E-state index contributed by atoms with van der Waals surface area (Å²) in [6.45, 7) is 2.04. The van der Waals surface area contributed by atoms with Gasteiger partial charge in [-0.25, -0.2) is 14.8 Å². The normalized spacial score (nSPS) is 14.3. The minimum atomic E-state index is -0.412. The molecule has 1 amide bonds. The van der Waals surface area contributed by atoms with Crippen molar-refractivity contribution in [1.82, 2.24) is 15.0 Å². The van der Waals surface area contributed by atoms with Crippen LogP contribution in [0.25, 0.3) is 10.3 Å². The number of thiazole rings is 1. The lowest BCUT2D eigenvalue weighted by molar-refractivity contribution is -0.113. The molecular formula is C21H23N5O3S2. The van der Waals surface area contributed by atoms with Gasteiger partial charge in [-0.15, -0.1) is 0 Å². The minimum Gasteiger partial charge on any atom is -0.465 e. The topological polar surface area (TPSA) is 97.3 Å². The van der Waals surface area contributed by atoms with Crippen molar-refractivity contribution in [3.8, 4) is 0 Å². The number of hydrogen-bond acceptors (Lipinski definition) is 9. The number of anilines is 2. The zero-order valence-electron chi connectivity index (χ0n) is 17.2. The first-order chi connectivity index (χ1) is 15.1. The quantitative estimate of drug-likeness (QED) is 0.337. The summed E-state index contributed by atoms with van der Waals surface area (Å²) in [7, 11) is 1.33. The second-order valence-corrected chi connectivity index (χ2v) is 9.08. The van der Waals surface area contributed by atoms with Crippen LogP contribution in [-0.2, 0) is 9.53 Å². The molecule has 0 saturated carbocycles. The Morgan fingerprint density at radius 3 is 2.58 bits per heavy atom. The zero-order chi connectivity index (χ0) is 21.6. The molecule has 0 aliphatic carbocycles. The molecule has 0 radical (unpaired) electrons. The smallest absolute Gasteiger partial charge is 0.337 e. The molecule has 1 aromatic carbocycles. The molecule has 1 saturated heterocycles. The number of benzene rings is 1. The molecule has 0 spiro atoms. The predicted molar refractivity (Wildman–Crippen MR) is 123 cm³/mol. The van der Waals surface area contributed by atoms with E-state index in [0.29, 0.717) is 16.9 Å². The van der Waals surface area contributed by atoms with Crippen LogP contribution >= 0.6 is 23.1 Å². The van der Waals surface area contributed by atoms with Crippen LogP contribution in [0.2, 0.25) is 0 Å². The number of nitrogens with zero attached hydrogens (tertiary/aromatic N) is 4. The summed E-state index contributed by atoms with van der Waals surface area (Å²) >= 11 is 2.96. The van der Waals surface area contributed by atoms with Crippen LogP contribution in [0.5, 0.6) is 0 Å². The van der Waals surface area contributed by atoms with E-state index in [-0.39, 0.29) is 11.7 Å². The molecule has 1 aliphatic heterocycles. The van der Waals surface area contributed by atoms with Gasteiger partial charge in [-0.3, -0.25) is 4.79 Å². The first-order valence-corrected chi connectivity index (χ1v) is 11.9. The van der Waals surface area contributed by atoms with E-state index in [1.54, 1.807) is 35.6 Å². The number of aromatic nitrogens is 3. The third-order valence-electron chi connectivity index (χ3n) is 4.95. The zero-order valence-corrected chi connectivity index (χ0v) is 18.8. The minimum absolute atomic E-state index is 0.153. The molecule has 162 valence electrons. The number of hydrogen-bond donors (Lipinski definition) is 1. The summed E-state index contributed by atoms with van der Waals surface area (Å²) in [5, 5.41) is 4.58. The molecule has 3 heterocycles. The number of esters is 1. The highest BCUT2D eigenvalue weighted by Crippen LogP contribution is 2.34. The van der Waals surface area contributed by atoms with E-state index in [1.165, 1.54) is 50.9 Å². The fourth-order valence-electron chi connectivity index (χ4n) is 3.36. The number of fused-ring (bicyclic) bond motifs is 1. The van der Waals surface area contributed by atoms with Gasteiger partial charge in [0.1, 0.15) is 16.1 Å². The van der Waals surface area contributed by atoms with Gasteiger partial charge in [0.15, 0.2) is 10.8 Å². The number of amides is 1. The van der Waals surface area contributed by atoms with Crippen molar-refractivity contribution in [3.63, 3.8) is 0 Å². The van der Waals surface area contributed by atoms with E-state index in [0.717, 1.165) is 27.9 Å². The van der Waals surface area contributed by atoms with E-state index in [9.17, 15) is 9.59 Å². The largest absolute Gasteiger partial charge is 0.465 e. The number of rotatable bonds is 6. The Bertz CT molecular complexity index is 1060. The molecule has 3 aromatic rings. The number of carbonyl (C=O) groups excluding carboxylic acids is 2. The van der Waals surface area contributed by atoms with Crippen molar-refractivity contribution in [1.29, 1.82) is 0 Å². The van der Waals surface area contributed by atoms with Crippen LogP contribution in [0.15, 0.2) is 35.6 Å². The number of methoxy groups -OCH3 is 1.